The van der Waals surface area contributed by atoms with Gasteiger partial charge in [-0.1, -0.05) is 142 Å². The second kappa shape index (κ2) is 27.7. The number of rotatable bonds is 27. The van der Waals surface area contributed by atoms with Gasteiger partial charge in [-0.25, -0.2) is 0 Å². The maximum Gasteiger partial charge on any atom is 0.305 e. The molecule has 0 aromatic heterocycles. The Morgan fingerprint density at radius 1 is 0.545 bits per heavy atom. The topological polar surface area (TPSA) is 46.5 Å². The maximum absolute atomic E-state index is 11.8. The molecule has 33 heavy (non-hydrogen) atoms. The van der Waals surface area contributed by atoms with Gasteiger partial charge in [-0.2, -0.15) is 0 Å². The minimum absolute atomic E-state index is 0.00373. The normalized spacial score (nSPS) is 12.2. The van der Waals surface area contributed by atoms with E-state index in [2.05, 4.69) is 13.8 Å². The molecule has 1 N–H and O–H groups in total. The van der Waals surface area contributed by atoms with E-state index in [9.17, 15) is 9.90 Å². The van der Waals surface area contributed by atoms with Crippen LogP contribution in [0.5, 0.6) is 0 Å². The summed E-state index contributed by atoms with van der Waals surface area (Å²) in [6.07, 6.45) is 30.2. The van der Waals surface area contributed by atoms with Crippen LogP contribution in [0.4, 0.5) is 0 Å². The van der Waals surface area contributed by atoms with Gasteiger partial charge < -0.3 is 9.84 Å². The second-order valence-corrected chi connectivity index (χ2v) is 10.3. The predicted molar refractivity (Wildman–Crippen MR) is 144 cm³/mol. The fraction of sp³-hybridized carbons (Fsp3) is 0.967. The summed E-state index contributed by atoms with van der Waals surface area (Å²) < 4.78 is 5.38. The number of hydrogen-bond donors (Lipinski definition) is 1. The highest BCUT2D eigenvalue weighted by Crippen LogP contribution is 2.15. The molecule has 0 heterocycles. The van der Waals surface area contributed by atoms with Crippen LogP contribution in [0.15, 0.2) is 0 Å². The lowest BCUT2D eigenvalue weighted by atomic mass is 10.0. The molecule has 0 aromatic carbocycles. The second-order valence-electron chi connectivity index (χ2n) is 10.3. The van der Waals surface area contributed by atoms with Gasteiger partial charge in [0.25, 0.3) is 0 Å². The van der Waals surface area contributed by atoms with Gasteiger partial charge in [0.2, 0.25) is 0 Å². The smallest absolute Gasteiger partial charge is 0.305 e. The molecule has 0 aliphatic carbocycles. The summed E-state index contributed by atoms with van der Waals surface area (Å²) in [5.74, 6) is 0.00373. The van der Waals surface area contributed by atoms with Crippen LogP contribution in [0.3, 0.4) is 0 Å². The van der Waals surface area contributed by atoms with Gasteiger partial charge in [0.15, 0.2) is 0 Å². The third kappa shape index (κ3) is 27.6. The first-order valence-corrected chi connectivity index (χ1v) is 15.0. The molecule has 0 rings (SSSR count). The van der Waals surface area contributed by atoms with Crippen molar-refractivity contribution < 1.29 is 14.6 Å². The standard InChI is InChI=1S/C30H60O3/c1-3-5-7-9-10-12-16-19-23-27-30(32)33-28-24-20-17-14-11-13-15-18-22-26-29(31)25-21-8-6-4-2/h29,31H,3-28H2,1-2H3. The first-order valence-electron chi connectivity index (χ1n) is 15.0. The van der Waals surface area contributed by atoms with E-state index in [1.54, 1.807) is 0 Å². The largest absolute Gasteiger partial charge is 0.466 e. The fourth-order valence-corrected chi connectivity index (χ4v) is 4.51. The summed E-state index contributed by atoms with van der Waals surface area (Å²) in [5, 5.41) is 10.00. The van der Waals surface area contributed by atoms with Crippen LogP contribution >= 0.6 is 0 Å². The zero-order valence-corrected chi connectivity index (χ0v) is 22.7. The van der Waals surface area contributed by atoms with E-state index in [1.165, 1.54) is 128 Å². The molecule has 0 aliphatic heterocycles. The summed E-state index contributed by atoms with van der Waals surface area (Å²) in [5.41, 5.74) is 0. The molecule has 0 fully saturated rings. The Morgan fingerprint density at radius 3 is 1.39 bits per heavy atom. The SMILES string of the molecule is CCCCCCCCCCCC(=O)OCCCCCCCCCCCC(O)CCCCCC. The number of unbranched alkanes of at least 4 members (excludes halogenated alkanes) is 19. The number of aliphatic hydroxyl groups excluding tert-OH is 1. The lowest BCUT2D eigenvalue weighted by Gasteiger charge is -2.10. The minimum atomic E-state index is -0.0685. The summed E-state index contributed by atoms with van der Waals surface area (Å²) in [6, 6.07) is 0. The molecule has 3 nitrogen and oxygen atoms in total. The Balaban J connectivity index is 3.20. The van der Waals surface area contributed by atoms with Crippen LogP contribution in [0.1, 0.15) is 174 Å². The Kier molecular flexibility index (Phi) is 27.2. The average molecular weight is 469 g/mol. The molecular weight excluding hydrogens is 408 g/mol. The monoisotopic (exact) mass is 468 g/mol. The van der Waals surface area contributed by atoms with E-state index in [-0.39, 0.29) is 12.1 Å². The van der Waals surface area contributed by atoms with Crippen molar-refractivity contribution in [3.63, 3.8) is 0 Å². The Labute approximate surface area is 207 Å². The van der Waals surface area contributed by atoms with Crippen molar-refractivity contribution in [2.24, 2.45) is 0 Å². The van der Waals surface area contributed by atoms with Crippen molar-refractivity contribution >= 4 is 5.97 Å². The van der Waals surface area contributed by atoms with Crippen molar-refractivity contribution in [3.05, 3.63) is 0 Å². The predicted octanol–water partition coefficient (Wildman–Crippen LogP) is 9.68. The summed E-state index contributed by atoms with van der Waals surface area (Å²) in [6.45, 7) is 5.10. The highest BCUT2D eigenvalue weighted by Gasteiger charge is 2.04. The van der Waals surface area contributed by atoms with Crippen LogP contribution in [0, 0.1) is 0 Å². The number of ether oxygens (including phenoxy) is 1. The molecule has 0 aromatic rings. The molecule has 3 heteroatoms. The van der Waals surface area contributed by atoms with Crippen molar-refractivity contribution in [2.45, 2.75) is 180 Å². The summed E-state index contributed by atoms with van der Waals surface area (Å²) >= 11 is 0. The highest BCUT2D eigenvalue weighted by atomic mass is 16.5. The Hall–Kier alpha value is -0.570. The highest BCUT2D eigenvalue weighted by molar-refractivity contribution is 5.69. The molecule has 0 bridgehead atoms. The van der Waals surface area contributed by atoms with Crippen LogP contribution in [0.2, 0.25) is 0 Å². The van der Waals surface area contributed by atoms with Gasteiger partial charge in [0.1, 0.15) is 0 Å². The fourth-order valence-electron chi connectivity index (χ4n) is 4.51. The zero-order chi connectivity index (χ0) is 24.2. The molecule has 0 saturated carbocycles. The van der Waals surface area contributed by atoms with Crippen LogP contribution < -0.4 is 0 Å². The van der Waals surface area contributed by atoms with Crippen molar-refractivity contribution in [2.75, 3.05) is 6.61 Å². The Morgan fingerprint density at radius 2 is 0.909 bits per heavy atom. The molecule has 0 spiro atoms. The molecule has 0 aliphatic rings. The number of carbonyl (C=O) groups is 1. The van der Waals surface area contributed by atoms with Crippen LogP contribution in [-0.4, -0.2) is 23.8 Å². The number of carbonyl (C=O) groups excluding carboxylic acids is 1. The van der Waals surface area contributed by atoms with E-state index in [1.807, 2.05) is 0 Å². The van der Waals surface area contributed by atoms with Crippen molar-refractivity contribution in [3.8, 4) is 0 Å². The summed E-state index contributed by atoms with van der Waals surface area (Å²) in [7, 11) is 0. The van der Waals surface area contributed by atoms with Gasteiger partial charge in [0.05, 0.1) is 12.7 Å². The molecule has 0 radical (unpaired) electrons. The molecule has 1 unspecified atom stereocenters. The molecule has 1 atom stereocenters. The first kappa shape index (κ1) is 32.4. The van der Waals surface area contributed by atoms with E-state index in [0.29, 0.717) is 13.0 Å². The molecule has 0 amide bonds. The number of aliphatic hydroxyl groups is 1. The quantitative estimate of drug-likeness (QED) is 0.0963. The van der Waals surface area contributed by atoms with E-state index in [0.717, 1.165) is 25.7 Å². The van der Waals surface area contributed by atoms with Gasteiger partial charge >= 0.3 is 5.97 Å². The molecule has 198 valence electrons. The number of esters is 1. The van der Waals surface area contributed by atoms with Gasteiger partial charge in [0, 0.05) is 6.42 Å². The van der Waals surface area contributed by atoms with E-state index in [4.69, 9.17) is 4.74 Å². The summed E-state index contributed by atoms with van der Waals surface area (Å²) in [4.78, 5) is 11.8. The maximum atomic E-state index is 11.8. The van der Waals surface area contributed by atoms with Gasteiger partial charge in [-0.15, -0.1) is 0 Å². The molecular formula is C30H60O3. The van der Waals surface area contributed by atoms with Gasteiger partial charge in [-0.05, 0) is 25.7 Å². The zero-order valence-electron chi connectivity index (χ0n) is 22.7. The third-order valence-corrected chi connectivity index (χ3v) is 6.82. The van der Waals surface area contributed by atoms with Crippen molar-refractivity contribution in [1.82, 2.24) is 0 Å². The average Bonchev–Trinajstić information content (AvgIpc) is 2.81. The van der Waals surface area contributed by atoms with Crippen LogP contribution in [-0.2, 0) is 9.53 Å². The van der Waals surface area contributed by atoms with E-state index >= 15 is 0 Å². The lowest BCUT2D eigenvalue weighted by Crippen LogP contribution is -2.05. The van der Waals surface area contributed by atoms with Crippen LogP contribution in [0.25, 0.3) is 0 Å². The minimum Gasteiger partial charge on any atom is -0.466 e. The number of hydrogen-bond acceptors (Lipinski definition) is 3. The third-order valence-electron chi connectivity index (χ3n) is 6.82. The molecule has 0 saturated heterocycles. The van der Waals surface area contributed by atoms with Gasteiger partial charge in [-0.3, -0.25) is 4.79 Å². The lowest BCUT2D eigenvalue weighted by molar-refractivity contribution is -0.143. The van der Waals surface area contributed by atoms with Crippen molar-refractivity contribution in [1.29, 1.82) is 0 Å². The first-order chi connectivity index (χ1) is 16.2. The Bertz CT molecular complexity index is 383. The van der Waals surface area contributed by atoms with E-state index < -0.39 is 0 Å².